The van der Waals surface area contributed by atoms with E-state index in [0.717, 1.165) is 63.0 Å². The van der Waals surface area contributed by atoms with Gasteiger partial charge in [0.2, 0.25) is 0 Å². The summed E-state index contributed by atoms with van der Waals surface area (Å²) in [5, 5.41) is 9.68. The Bertz CT molecular complexity index is 3500. The molecule has 22 nitrogen and oxygen atoms in total. The van der Waals surface area contributed by atoms with Crippen molar-refractivity contribution in [2.75, 3.05) is 28.3 Å². The van der Waals surface area contributed by atoms with Crippen LogP contribution in [-0.2, 0) is 73.7 Å². The molecule has 14 amide bonds. The standard InChI is InChI=1S/C11H9NO2.C10H4Cl3NO2.C10H7NO3.C10H13NO2.C10H7NO2.C6H7NO2.C5H5NO2/c13-10-6-7-11(14)12(10)8-9-4-2-1-3-5-9;11-5-3-6(12)10(7(13)4-5)14-8(15)1-2-9(14)16;12-8-3-1-7(2-4-8)11-9(13)5-6-10(11)14;2*12-9-6-7-10(13)11(9)8-4-2-1-3-5-8;1-2-7-5(8)3-4-6(7)9;1-6-4(7)2-3-5(6)8/h1-7H,8H2;1-4H;1-6,12H;6-8H,1-5H2;1-7H;3-4H,2H2,1H3;2-3H,1H3. The third-order valence-electron chi connectivity index (χ3n) is 12.9. The summed E-state index contributed by atoms with van der Waals surface area (Å²) in [6, 6.07) is 27.2. The molecule has 87 heavy (non-hydrogen) atoms. The molecule has 0 atom stereocenters. The number of anilines is 3. The summed E-state index contributed by atoms with van der Waals surface area (Å²) in [6.45, 7) is 2.58. The number of carbonyl (C=O) groups is 14. The second-order valence-corrected chi connectivity index (χ2v) is 19.9. The Hall–Kier alpha value is -10.3. The monoisotopic (exact) mass is 1240 g/mol. The molecule has 0 saturated heterocycles. The van der Waals surface area contributed by atoms with E-state index in [1.165, 1.54) is 137 Å². The van der Waals surface area contributed by atoms with E-state index in [2.05, 4.69) is 0 Å². The number of hydrogen-bond donors (Lipinski definition) is 1. The summed E-state index contributed by atoms with van der Waals surface area (Å²) in [5.74, 6) is -3.76. The molecule has 446 valence electrons. The molecule has 4 aromatic rings. The summed E-state index contributed by atoms with van der Waals surface area (Å²) < 4.78 is 0. The van der Waals surface area contributed by atoms with Gasteiger partial charge < -0.3 is 5.11 Å². The predicted octanol–water partition coefficient (Wildman–Crippen LogP) is 6.84. The van der Waals surface area contributed by atoms with Gasteiger partial charge in [0.15, 0.2) is 0 Å². The Morgan fingerprint density at radius 1 is 0.402 bits per heavy atom. The molecule has 0 radical (unpaired) electrons. The van der Waals surface area contributed by atoms with Gasteiger partial charge in [-0.1, -0.05) is 103 Å². The van der Waals surface area contributed by atoms with Crippen LogP contribution in [0, 0.1) is 0 Å². The first kappa shape index (κ1) is 65.9. The van der Waals surface area contributed by atoms with Gasteiger partial charge in [0.05, 0.1) is 33.7 Å². The largest absolute Gasteiger partial charge is 0.508 e. The lowest BCUT2D eigenvalue weighted by atomic mass is 9.94. The van der Waals surface area contributed by atoms with Gasteiger partial charge in [0.25, 0.3) is 82.7 Å². The molecule has 25 heteroatoms. The van der Waals surface area contributed by atoms with Gasteiger partial charge in [0.1, 0.15) is 5.75 Å². The second kappa shape index (κ2) is 31.0. The van der Waals surface area contributed by atoms with E-state index in [0.29, 0.717) is 29.5 Å². The van der Waals surface area contributed by atoms with Gasteiger partial charge >= 0.3 is 0 Å². The highest BCUT2D eigenvalue weighted by Crippen LogP contribution is 2.38. The number of likely N-dealkylation sites (N-methyl/N-ethyl adjacent to an activating group) is 2. The number of phenols is 1. The maximum absolute atomic E-state index is 11.4. The SMILES string of the molecule is CCN1C(=O)C=CC1=O.CN1C(=O)C=CC1=O.O=C1C=CC(=O)N1C1CCCCC1.O=C1C=CC(=O)N1Cc1ccccc1.O=C1C=CC(=O)N1c1c(Cl)cc(Cl)cc1Cl.O=C1C=CC(=O)N1c1ccc(O)cc1.O=C1C=CC(=O)N1c1ccccc1. The number of halogens is 3. The molecule has 7 aliphatic heterocycles. The van der Waals surface area contributed by atoms with Crippen LogP contribution in [0.5, 0.6) is 5.75 Å². The normalized spacial score (nSPS) is 17.2. The van der Waals surface area contributed by atoms with Crippen molar-refractivity contribution in [1.29, 1.82) is 0 Å². The zero-order valence-electron chi connectivity index (χ0n) is 46.3. The lowest BCUT2D eigenvalue weighted by molar-refractivity contribution is -0.141. The first-order chi connectivity index (χ1) is 41.5. The van der Waals surface area contributed by atoms with Crippen LogP contribution in [0.3, 0.4) is 0 Å². The summed E-state index contributed by atoms with van der Waals surface area (Å²) in [4.78, 5) is 163. The zero-order valence-corrected chi connectivity index (χ0v) is 48.5. The Morgan fingerprint density at radius 2 is 0.747 bits per heavy atom. The number of rotatable bonds is 7. The number of hydrogen-bond acceptors (Lipinski definition) is 15. The van der Waals surface area contributed by atoms with E-state index in [9.17, 15) is 67.1 Å². The van der Waals surface area contributed by atoms with Crippen LogP contribution in [0.4, 0.5) is 17.1 Å². The second-order valence-electron chi connectivity index (χ2n) is 18.7. The van der Waals surface area contributed by atoms with Gasteiger partial charge in [-0.15, -0.1) is 0 Å². The van der Waals surface area contributed by atoms with E-state index < -0.39 is 11.8 Å². The van der Waals surface area contributed by atoms with Crippen LogP contribution >= 0.6 is 34.8 Å². The van der Waals surface area contributed by atoms with Crippen LogP contribution < -0.4 is 14.7 Å². The van der Waals surface area contributed by atoms with Crippen molar-refractivity contribution in [2.45, 2.75) is 51.6 Å². The van der Waals surface area contributed by atoms with Crippen molar-refractivity contribution in [3.8, 4) is 5.75 Å². The predicted molar refractivity (Wildman–Crippen MR) is 318 cm³/mol. The number of carbonyl (C=O) groups excluding carboxylic acids is 14. The van der Waals surface area contributed by atoms with Crippen molar-refractivity contribution in [3.63, 3.8) is 0 Å². The average Bonchev–Trinajstić information content (AvgIpc) is 3.14. The number of nitrogens with zero attached hydrogens (tertiary/aromatic N) is 7. The van der Waals surface area contributed by atoms with Crippen LogP contribution in [0.25, 0.3) is 0 Å². The van der Waals surface area contributed by atoms with E-state index >= 15 is 0 Å². The van der Waals surface area contributed by atoms with Gasteiger partial charge in [-0.05, 0) is 73.9 Å². The van der Waals surface area contributed by atoms with E-state index in [-0.39, 0.29) is 98.4 Å². The quantitative estimate of drug-likeness (QED) is 0.185. The number of phenolic OH excluding ortho intramolecular Hbond substituents is 1. The Balaban J connectivity index is 0.000000164. The maximum atomic E-state index is 11.4. The Kier molecular flexibility index (Phi) is 23.5. The molecule has 7 heterocycles. The molecule has 8 aliphatic rings. The maximum Gasteiger partial charge on any atom is 0.258 e. The number of para-hydroxylation sites is 1. The third kappa shape index (κ3) is 17.6. The van der Waals surface area contributed by atoms with Crippen LogP contribution in [0.2, 0.25) is 15.1 Å². The first-order valence-corrected chi connectivity index (χ1v) is 27.5. The lowest BCUT2D eigenvalue weighted by Crippen LogP contribution is -2.41. The molecular formula is C62H52Cl3N7O15. The summed E-state index contributed by atoms with van der Waals surface area (Å²) in [6.07, 6.45) is 23.2. The van der Waals surface area contributed by atoms with E-state index in [1.54, 1.807) is 31.2 Å². The fourth-order valence-electron chi connectivity index (χ4n) is 8.54. The first-order valence-electron chi connectivity index (χ1n) is 26.3. The molecule has 1 aliphatic carbocycles. The van der Waals surface area contributed by atoms with Crippen LogP contribution in [0.1, 0.15) is 44.6 Å². The van der Waals surface area contributed by atoms with Crippen molar-refractivity contribution in [1.82, 2.24) is 19.6 Å². The Labute approximate surface area is 512 Å². The van der Waals surface area contributed by atoms with Gasteiger partial charge in [-0.2, -0.15) is 0 Å². The van der Waals surface area contributed by atoms with Crippen LogP contribution in [0.15, 0.2) is 182 Å². The molecule has 1 fully saturated rings. The Morgan fingerprint density at radius 3 is 1.13 bits per heavy atom. The minimum atomic E-state index is -0.476. The summed E-state index contributed by atoms with van der Waals surface area (Å²) >= 11 is 17.5. The number of amides is 14. The van der Waals surface area contributed by atoms with Gasteiger partial charge in [-0.25, -0.2) is 14.7 Å². The highest BCUT2D eigenvalue weighted by molar-refractivity contribution is 6.45. The zero-order chi connectivity index (χ0) is 63.5. The molecule has 0 spiro atoms. The molecule has 0 aromatic heterocycles. The fourth-order valence-corrected chi connectivity index (χ4v) is 9.52. The minimum absolute atomic E-state index is 0.0980. The minimum Gasteiger partial charge on any atom is -0.508 e. The number of aromatic hydroxyl groups is 1. The van der Waals surface area contributed by atoms with Crippen molar-refractivity contribution < 1.29 is 72.2 Å². The smallest absolute Gasteiger partial charge is 0.258 e. The van der Waals surface area contributed by atoms with Gasteiger partial charge in [-0.3, -0.25) is 86.7 Å². The lowest BCUT2D eigenvalue weighted by Gasteiger charge is -2.29. The third-order valence-corrected chi connectivity index (χ3v) is 13.7. The van der Waals surface area contributed by atoms with Crippen LogP contribution in [-0.4, -0.2) is 127 Å². The molecule has 12 rings (SSSR count). The van der Waals surface area contributed by atoms with Crippen molar-refractivity contribution in [2.24, 2.45) is 0 Å². The molecule has 1 saturated carbocycles. The highest BCUT2D eigenvalue weighted by Gasteiger charge is 2.33. The number of benzene rings is 4. The molecule has 0 bridgehead atoms. The summed E-state index contributed by atoms with van der Waals surface area (Å²) in [5.41, 5.74) is 2.19. The highest BCUT2D eigenvalue weighted by atomic mass is 35.5. The van der Waals surface area contributed by atoms with E-state index in [1.807, 2.05) is 36.4 Å². The van der Waals surface area contributed by atoms with E-state index in [4.69, 9.17) is 39.9 Å². The molecule has 0 unspecified atom stereocenters. The number of imide groups is 7. The van der Waals surface area contributed by atoms with Gasteiger partial charge in [0, 0.05) is 110 Å². The summed E-state index contributed by atoms with van der Waals surface area (Å²) in [7, 11) is 1.45. The topological polar surface area (TPSA) is 282 Å². The average molecular weight is 1240 g/mol. The molecule has 1 N–H and O–H groups in total. The molecule has 4 aromatic carbocycles. The fraction of sp³-hybridized carbons (Fsp3) is 0.161. The van der Waals surface area contributed by atoms with Crippen molar-refractivity contribution >= 4 is 135 Å². The molecular weight excluding hydrogens is 1190 g/mol. The van der Waals surface area contributed by atoms with Crippen molar-refractivity contribution in [3.05, 3.63) is 203 Å².